The SMILES string of the molecule is CN(C)c1cccc(C(NC(=O)c2cccc(SC(F)F)c2)c2ccc(S(C)(=O)=O)cc2)c1. The number of nitrogens with zero attached hydrogens (tertiary/aromatic N) is 1. The van der Waals surface area contributed by atoms with Gasteiger partial charge in [-0.2, -0.15) is 8.78 Å². The largest absolute Gasteiger partial charge is 0.378 e. The van der Waals surface area contributed by atoms with Crippen LogP contribution in [0.5, 0.6) is 0 Å². The lowest BCUT2D eigenvalue weighted by Gasteiger charge is -2.22. The van der Waals surface area contributed by atoms with Crippen LogP contribution in [0.4, 0.5) is 14.5 Å². The molecule has 3 aromatic rings. The molecule has 1 unspecified atom stereocenters. The number of thioether (sulfide) groups is 1. The first-order valence-electron chi connectivity index (χ1n) is 9.97. The third-order valence-electron chi connectivity index (χ3n) is 4.96. The second-order valence-electron chi connectivity index (χ2n) is 7.64. The van der Waals surface area contributed by atoms with Crippen molar-refractivity contribution in [2.45, 2.75) is 21.6 Å². The summed E-state index contributed by atoms with van der Waals surface area (Å²) in [5.74, 6) is -3.02. The second-order valence-corrected chi connectivity index (χ2v) is 10.7. The molecule has 0 fully saturated rings. The summed E-state index contributed by atoms with van der Waals surface area (Å²) in [4.78, 5) is 15.5. The molecule has 0 saturated carbocycles. The van der Waals surface area contributed by atoms with Crippen molar-refractivity contribution in [2.24, 2.45) is 0 Å². The van der Waals surface area contributed by atoms with Crippen LogP contribution in [-0.4, -0.2) is 40.4 Å². The van der Waals surface area contributed by atoms with Crippen molar-refractivity contribution in [3.8, 4) is 0 Å². The fourth-order valence-corrected chi connectivity index (χ4v) is 4.47. The smallest absolute Gasteiger partial charge is 0.288 e. The Morgan fingerprint density at radius 2 is 1.61 bits per heavy atom. The van der Waals surface area contributed by atoms with Gasteiger partial charge in [-0.3, -0.25) is 4.79 Å². The number of anilines is 1. The first kappa shape index (κ1) is 24.7. The first-order chi connectivity index (χ1) is 15.5. The molecule has 0 aliphatic carbocycles. The van der Waals surface area contributed by atoms with Gasteiger partial charge in [-0.05, 0) is 53.6 Å². The van der Waals surface area contributed by atoms with Gasteiger partial charge in [-0.1, -0.05) is 42.1 Å². The standard InChI is InChI=1S/C24H24F2N2O3S2/c1-28(2)19-8-4-6-17(14-19)22(16-10-12-21(13-11-16)33(3,30)31)27-23(29)18-7-5-9-20(15-18)32-24(25)26/h4-15,22,24H,1-3H3,(H,27,29). The number of hydrogen-bond acceptors (Lipinski definition) is 5. The Bertz CT molecular complexity index is 1230. The Morgan fingerprint density at radius 1 is 0.939 bits per heavy atom. The monoisotopic (exact) mass is 490 g/mol. The minimum Gasteiger partial charge on any atom is -0.378 e. The lowest BCUT2D eigenvalue weighted by molar-refractivity contribution is 0.0942. The molecule has 174 valence electrons. The Hall–Kier alpha value is -2.91. The predicted octanol–water partition coefficient (Wildman–Crippen LogP) is 4.99. The van der Waals surface area contributed by atoms with Gasteiger partial charge in [-0.15, -0.1) is 0 Å². The number of amides is 1. The van der Waals surface area contributed by atoms with Gasteiger partial charge in [0.2, 0.25) is 0 Å². The molecule has 9 heteroatoms. The van der Waals surface area contributed by atoms with Gasteiger partial charge in [0, 0.05) is 36.5 Å². The molecule has 0 aromatic heterocycles. The minimum atomic E-state index is -3.37. The molecule has 0 saturated heterocycles. The molecule has 3 rings (SSSR count). The average Bonchev–Trinajstić information content (AvgIpc) is 2.76. The van der Waals surface area contributed by atoms with E-state index in [1.54, 1.807) is 24.3 Å². The topological polar surface area (TPSA) is 66.5 Å². The van der Waals surface area contributed by atoms with Crippen molar-refractivity contribution in [1.82, 2.24) is 5.32 Å². The average molecular weight is 491 g/mol. The molecule has 1 amide bonds. The van der Waals surface area contributed by atoms with E-state index in [4.69, 9.17) is 0 Å². The van der Waals surface area contributed by atoms with Crippen LogP contribution in [0, 0.1) is 0 Å². The summed E-state index contributed by atoms with van der Waals surface area (Å²) in [6, 6.07) is 19.4. The molecular formula is C24H24F2N2O3S2. The normalized spacial score (nSPS) is 12.4. The summed E-state index contributed by atoms with van der Waals surface area (Å²) in [7, 11) is 0.439. The highest BCUT2D eigenvalue weighted by Gasteiger charge is 2.20. The molecule has 1 N–H and O–H groups in total. The van der Waals surface area contributed by atoms with Crippen molar-refractivity contribution < 1.29 is 22.0 Å². The Kier molecular flexibility index (Phi) is 7.76. The zero-order valence-corrected chi connectivity index (χ0v) is 20.0. The predicted molar refractivity (Wildman–Crippen MR) is 128 cm³/mol. The van der Waals surface area contributed by atoms with Crippen molar-refractivity contribution >= 4 is 33.2 Å². The molecule has 5 nitrogen and oxygen atoms in total. The van der Waals surface area contributed by atoms with Gasteiger partial charge >= 0.3 is 0 Å². The van der Waals surface area contributed by atoms with Crippen LogP contribution in [-0.2, 0) is 9.84 Å². The van der Waals surface area contributed by atoms with Crippen LogP contribution in [0.2, 0.25) is 0 Å². The number of alkyl halides is 2. The summed E-state index contributed by atoms with van der Waals surface area (Å²) in [5.41, 5.74) is 2.65. The van der Waals surface area contributed by atoms with Gasteiger partial charge in [-0.25, -0.2) is 8.42 Å². The van der Waals surface area contributed by atoms with Crippen molar-refractivity contribution in [3.63, 3.8) is 0 Å². The fourth-order valence-electron chi connectivity index (χ4n) is 3.28. The van der Waals surface area contributed by atoms with Crippen LogP contribution in [0.15, 0.2) is 82.6 Å². The molecule has 0 aliphatic rings. The second kappa shape index (κ2) is 10.4. The third-order valence-corrected chi connectivity index (χ3v) is 6.79. The third kappa shape index (κ3) is 6.55. The molecule has 33 heavy (non-hydrogen) atoms. The highest BCUT2D eigenvalue weighted by molar-refractivity contribution is 7.99. The summed E-state index contributed by atoms with van der Waals surface area (Å²) in [6.45, 7) is 0. The maximum absolute atomic E-state index is 13.1. The van der Waals surface area contributed by atoms with Gasteiger partial charge < -0.3 is 10.2 Å². The quantitative estimate of drug-likeness (QED) is 0.451. The lowest BCUT2D eigenvalue weighted by atomic mass is 9.97. The minimum absolute atomic E-state index is 0.176. The molecule has 0 radical (unpaired) electrons. The molecule has 1 atom stereocenters. The maximum Gasteiger partial charge on any atom is 0.288 e. The Labute approximate surface area is 196 Å². The van der Waals surface area contributed by atoms with Crippen LogP contribution >= 0.6 is 11.8 Å². The van der Waals surface area contributed by atoms with Crippen molar-refractivity contribution in [1.29, 1.82) is 0 Å². The molecule has 0 bridgehead atoms. The van der Waals surface area contributed by atoms with Crippen molar-refractivity contribution in [2.75, 3.05) is 25.3 Å². The number of nitrogens with one attached hydrogen (secondary N) is 1. The zero-order chi connectivity index (χ0) is 24.2. The number of hydrogen-bond donors (Lipinski definition) is 1. The number of carbonyl (C=O) groups excluding carboxylic acids is 1. The summed E-state index contributed by atoms with van der Waals surface area (Å²) < 4.78 is 49.2. The Balaban J connectivity index is 1.99. The van der Waals surface area contributed by atoms with E-state index in [1.165, 1.54) is 24.3 Å². The Morgan fingerprint density at radius 3 is 2.21 bits per heavy atom. The van der Waals surface area contributed by atoms with E-state index in [0.29, 0.717) is 22.2 Å². The molecule has 0 heterocycles. The van der Waals surface area contributed by atoms with E-state index >= 15 is 0 Å². The van der Waals surface area contributed by atoms with Crippen molar-refractivity contribution in [3.05, 3.63) is 89.5 Å². The highest BCUT2D eigenvalue weighted by atomic mass is 32.2. The summed E-state index contributed by atoms with van der Waals surface area (Å²) in [5, 5.41) is 2.97. The maximum atomic E-state index is 13.1. The van der Waals surface area contributed by atoms with Crippen LogP contribution in [0.1, 0.15) is 27.5 Å². The van der Waals surface area contributed by atoms with Gasteiger partial charge in [0.05, 0.1) is 10.9 Å². The first-order valence-corrected chi connectivity index (χ1v) is 12.7. The van der Waals surface area contributed by atoms with E-state index in [2.05, 4.69) is 5.32 Å². The summed E-state index contributed by atoms with van der Waals surface area (Å²) >= 11 is 0.375. The fraction of sp³-hybridized carbons (Fsp3) is 0.208. The van der Waals surface area contributed by atoms with Gasteiger partial charge in [0.1, 0.15) is 0 Å². The zero-order valence-electron chi connectivity index (χ0n) is 18.3. The number of halogens is 2. The van der Waals surface area contributed by atoms with E-state index in [9.17, 15) is 22.0 Å². The van der Waals surface area contributed by atoms with Crippen LogP contribution in [0.3, 0.4) is 0 Å². The van der Waals surface area contributed by atoms with E-state index in [-0.39, 0.29) is 10.5 Å². The molecule has 3 aromatic carbocycles. The molecule has 0 spiro atoms. The van der Waals surface area contributed by atoms with Gasteiger partial charge in [0.25, 0.3) is 11.7 Å². The highest BCUT2D eigenvalue weighted by Crippen LogP contribution is 2.28. The van der Waals surface area contributed by atoms with Crippen LogP contribution < -0.4 is 10.2 Å². The molecular weight excluding hydrogens is 466 g/mol. The van der Waals surface area contributed by atoms with E-state index < -0.39 is 27.5 Å². The van der Waals surface area contributed by atoms with Crippen LogP contribution in [0.25, 0.3) is 0 Å². The number of rotatable bonds is 8. The van der Waals surface area contributed by atoms with E-state index in [0.717, 1.165) is 17.5 Å². The number of sulfone groups is 1. The summed E-state index contributed by atoms with van der Waals surface area (Å²) in [6.07, 6.45) is 1.13. The van der Waals surface area contributed by atoms with Gasteiger partial charge in [0.15, 0.2) is 9.84 Å². The van der Waals surface area contributed by atoms with E-state index in [1.807, 2.05) is 43.3 Å². The molecule has 0 aliphatic heterocycles. The number of benzene rings is 3. The lowest BCUT2D eigenvalue weighted by Crippen LogP contribution is -2.29. The number of carbonyl (C=O) groups is 1.